The van der Waals surface area contributed by atoms with E-state index in [2.05, 4.69) is 25.6 Å². The number of benzene rings is 1. The minimum Gasteiger partial charge on any atom is -0.478 e. The molecule has 0 saturated carbocycles. The molecule has 0 aliphatic carbocycles. The molecule has 0 bridgehead atoms. The van der Waals surface area contributed by atoms with Crippen molar-refractivity contribution >= 4 is 11.9 Å². The van der Waals surface area contributed by atoms with E-state index in [1.54, 1.807) is 54.5 Å². The van der Waals surface area contributed by atoms with Crippen molar-refractivity contribution in [3.05, 3.63) is 53.9 Å². The standard InChI is InChI=1S/C15H14N6O2/c1-21-9-13(19-20-21)12-6-7-16-15(18-12)17-8-10-2-4-11(5-3-10)14(22)23/h2-7,9H,8H2,1H3,(H,22,23)(H,16,17,18). The zero-order valence-electron chi connectivity index (χ0n) is 12.3. The molecule has 23 heavy (non-hydrogen) atoms. The SMILES string of the molecule is Cn1cc(-c2ccnc(NCc3ccc(C(=O)O)cc3)n2)nn1. The highest BCUT2D eigenvalue weighted by molar-refractivity contribution is 5.87. The number of rotatable bonds is 5. The van der Waals surface area contributed by atoms with E-state index < -0.39 is 5.97 Å². The number of aromatic nitrogens is 5. The van der Waals surface area contributed by atoms with Crippen molar-refractivity contribution in [1.82, 2.24) is 25.0 Å². The normalized spacial score (nSPS) is 10.5. The van der Waals surface area contributed by atoms with E-state index in [0.717, 1.165) is 5.56 Å². The highest BCUT2D eigenvalue weighted by Gasteiger charge is 2.06. The van der Waals surface area contributed by atoms with Crippen molar-refractivity contribution < 1.29 is 9.90 Å². The van der Waals surface area contributed by atoms with E-state index in [1.807, 2.05) is 0 Å². The molecule has 8 heteroatoms. The fraction of sp³-hybridized carbons (Fsp3) is 0.133. The monoisotopic (exact) mass is 310 g/mol. The van der Waals surface area contributed by atoms with E-state index in [4.69, 9.17) is 5.11 Å². The topological polar surface area (TPSA) is 106 Å². The van der Waals surface area contributed by atoms with Gasteiger partial charge in [0.05, 0.1) is 17.5 Å². The Morgan fingerprint density at radius 2 is 2.00 bits per heavy atom. The molecule has 116 valence electrons. The van der Waals surface area contributed by atoms with E-state index in [-0.39, 0.29) is 5.56 Å². The smallest absolute Gasteiger partial charge is 0.335 e. The molecule has 0 aliphatic heterocycles. The lowest BCUT2D eigenvalue weighted by Crippen LogP contribution is -2.04. The van der Waals surface area contributed by atoms with Crippen molar-refractivity contribution in [3.8, 4) is 11.4 Å². The van der Waals surface area contributed by atoms with Crippen LogP contribution in [0.4, 0.5) is 5.95 Å². The summed E-state index contributed by atoms with van der Waals surface area (Å²) in [5.74, 6) is -0.472. The zero-order valence-corrected chi connectivity index (χ0v) is 12.3. The summed E-state index contributed by atoms with van der Waals surface area (Å²) in [4.78, 5) is 19.4. The van der Waals surface area contributed by atoms with Crippen LogP contribution in [-0.4, -0.2) is 36.0 Å². The minimum absolute atomic E-state index is 0.259. The first-order valence-corrected chi connectivity index (χ1v) is 6.87. The zero-order chi connectivity index (χ0) is 16.2. The second-order valence-corrected chi connectivity index (χ2v) is 4.90. The van der Waals surface area contributed by atoms with Crippen molar-refractivity contribution in [1.29, 1.82) is 0 Å². The third kappa shape index (κ3) is 3.49. The largest absolute Gasteiger partial charge is 0.478 e. The first kappa shape index (κ1) is 14.6. The van der Waals surface area contributed by atoms with Crippen LogP contribution in [0.15, 0.2) is 42.7 Å². The fourth-order valence-corrected chi connectivity index (χ4v) is 2.00. The Hall–Kier alpha value is -3.29. The molecule has 0 unspecified atom stereocenters. The second-order valence-electron chi connectivity index (χ2n) is 4.90. The molecular weight excluding hydrogens is 296 g/mol. The van der Waals surface area contributed by atoms with Crippen LogP contribution in [-0.2, 0) is 13.6 Å². The number of hydrogen-bond acceptors (Lipinski definition) is 6. The Bertz CT molecular complexity index is 828. The van der Waals surface area contributed by atoms with Gasteiger partial charge < -0.3 is 10.4 Å². The number of hydrogen-bond donors (Lipinski definition) is 2. The lowest BCUT2D eigenvalue weighted by Gasteiger charge is -2.06. The molecule has 0 amide bonds. The van der Waals surface area contributed by atoms with Gasteiger partial charge in [-0.1, -0.05) is 17.3 Å². The van der Waals surface area contributed by atoms with Crippen LogP contribution in [0.2, 0.25) is 0 Å². The molecule has 1 aromatic carbocycles. The summed E-state index contributed by atoms with van der Waals surface area (Å²) in [6.07, 6.45) is 3.42. The number of aryl methyl sites for hydroxylation is 1. The van der Waals surface area contributed by atoms with Crippen molar-refractivity contribution in [2.75, 3.05) is 5.32 Å². The minimum atomic E-state index is -0.940. The maximum Gasteiger partial charge on any atom is 0.335 e. The van der Waals surface area contributed by atoms with Crippen LogP contribution >= 0.6 is 0 Å². The highest BCUT2D eigenvalue weighted by Crippen LogP contribution is 2.14. The summed E-state index contributed by atoms with van der Waals surface area (Å²) in [5.41, 5.74) is 2.54. The van der Waals surface area contributed by atoms with Gasteiger partial charge in [-0.25, -0.2) is 14.8 Å². The Balaban J connectivity index is 1.69. The van der Waals surface area contributed by atoms with Crippen molar-refractivity contribution in [2.45, 2.75) is 6.54 Å². The molecule has 8 nitrogen and oxygen atoms in total. The average Bonchev–Trinajstić information content (AvgIpc) is 3.00. The van der Waals surface area contributed by atoms with Crippen molar-refractivity contribution in [2.24, 2.45) is 7.05 Å². The molecule has 2 N–H and O–H groups in total. The molecule has 2 heterocycles. The van der Waals surface area contributed by atoms with Crippen LogP contribution in [0, 0.1) is 0 Å². The number of carboxylic acids is 1. The molecule has 3 rings (SSSR count). The van der Waals surface area contributed by atoms with Crippen LogP contribution in [0.25, 0.3) is 11.4 Å². The fourth-order valence-electron chi connectivity index (χ4n) is 2.00. The summed E-state index contributed by atoms with van der Waals surface area (Å²) in [6.45, 7) is 0.490. The average molecular weight is 310 g/mol. The Morgan fingerprint density at radius 3 is 2.65 bits per heavy atom. The summed E-state index contributed by atoms with van der Waals surface area (Å²) in [5, 5.41) is 19.9. The lowest BCUT2D eigenvalue weighted by molar-refractivity contribution is 0.0697. The van der Waals surface area contributed by atoms with Gasteiger partial charge in [-0.15, -0.1) is 5.10 Å². The number of carboxylic acid groups (broad SMARTS) is 1. The molecule has 0 spiro atoms. The first-order chi connectivity index (χ1) is 11.1. The summed E-state index contributed by atoms with van der Waals surface area (Å²) in [6, 6.07) is 8.40. The third-order valence-corrected chi connectivity index (χ3v) is 3.17. The maximum absolute atomic E-state index is 10.8. The molecular formula is C15H14N6O2. The number of anilines is 1. The summed E-state index contributed by atoms with van der Waals surface area (Å²) < 4.78 is 1.61. The molecule has 0 saturated heterocycles. The van der Waals surface area contributed by atoms with Crippen LogP contribution < -0.4 is 5.32 Å². The summed E-state index contributed by atoms with van der Waals surface area (Å²) in [7, 11) is 1.79. The second kappa shape index (κ2) is 6.22. The van der Waals surface area contributed by atoms with Gasteiger partial charge in [-0.05, 0) is 23.8 Å². The Labute approximate surface area is 131 Å². The molecule has 0 aliphatic rings. The van der Waals surface area contributed by atoms with Gasteiger partial charge in [0.2, 0.25) is 5.95 Å². The van der Waals surface area contributed by atoms with E-state index in [0.29, 0.717) is 23.9 Å². The summed E-state index contributed by atoms with van der Waals surface area (Å²) >= 11 is 0. The van der Waals surface area contributed by atoms with Gasteiger partial charge in [-0.2, -0.15) is 0 Å². The van der Waals surface area contributed by atoms with Gasteiger partial charge in [0.15, 0.2) is 0 Å². The van der Waals surface area contributed by atoms with Crippen LogP contribution in [0.1, 0.15) is 15.9 Å². The molecule has 0 atom stereocenters. The predicted octanol–water partition coefficient (Wildman–Crippen LogP) is 1.58. The van der Waals surface area contributed by atoms with Gasteiger partial charge >= 0.3 is 5.97 Å². The lowest BCUT2D eigenvalue weighted by atomic mass is 10.1. The molecule has 0 fully saturated rings. The van der Waals surface area contributed by atoms with E-state index >= 15 is 0 Å². The third-order valence-electron chi connectivity index (χ3n) is 3.17. The first-order valence-electron chi connectivity index (χ1n) is 6.87. The van der Waals surface area contributed by atoms with Crippen LogP contribution in [0.5, 0.6) is 0 Å². The highest BCUT2D eigenvalue weighted by atomic mass is 16.4. The van der Waals surface area contributed by atoms with Gasteiger partial charge in [0.1, 0.15) is 5.69 Å². The maximum atomic E-state index is 10.8. The van der Waals surface area contributed by atoms with Crippen molar-refractivity contribution in [3.63, 3.8) is 0 Å². The Morgan fingerprint density at radius 1 is 1.22 bits per heavy atom. The molecule has 0 radical (unpaired) electrons. The van der Waals surface area contributed by atoms with E-state index in [1.165, 1.54) is 0 Å². The number of nitrogens with zero attached hydrogens (tertiary/aromatic N) is 5. The Kier molecular flexibility index (Phi) is 3.96. The number of aromatic carboxylic acids is 1. The van der Waals surface area contributed by atoms with Gasteiger partial charge in [0.25, 0.3) is 0 Å². The van der Waals surface area contributed by atoms with E-state index in [9.17, 15) is 4.79 Å². The van der Waals surface area contributed by atoms with Crippen LogP contribution in [0.3, 0.4) is 0 Å². The van der Waals surface area contributed by atoms with Gasteiger partial charge in [0, 0.05) is 19.8 Å². The number of carbonyl (C=O) groups is 1. The quantitative estimate of drug-likeness (QED) is 0.737. The van der Waals surface area contributed by atoms with Gasteiger partial charge in [-0.3, -0.25) is 4.68 Å². The molecule has 2 aromatic heterocycles. The number of nitrogens with one attached hydrogen (secondary N) is 1. The predicted molar refractivity (Wildman–Crippen MR) is 82.8 cm³/mol. The molecule has 3 aromatic rings.